The predicted molar refractivity (Wildman–Crippen MR) is 113 cm³/mol. The maximum Gasteiger partial charge on any atom is 0.251 e. The van der Waals surface area contributed by atoms with Crippen LogP contribution in [0.1, 0.15) is 34.5 Å². The number of carbonyl (C=O) groups is 2. The van der Waals surface area contributed by atoms with Gasteiger partial charge < -0.3 is 15.6 Å². The Morgan fingerprint density at radius 1 is 1.18 bits per heavy atom. The number of aryl methyl sites for hydroxylation is 2. The molecule has 6 nitrogen and oxygen atoms in total. The lowest BCUT2D eigenvalue weighted by atomic mass is 9.96. The van der Waals surface area contributed by atoms with Crippen LogP contribution in [-0.4, -0.2) is 34.4 Å². The summed E-state index contributed by atoms with van der Waals surface area (Å²) in [5.74, 6) is -0.415. The SMILES string of the molecule is Cc1cc(C)n(CN2CCC(C(=O)Nc3ccccc3)CC2)c(=S)c1C(N)=O. The minimum atomic E-state index is -0.493. The van der Waals surface area contributed by atoms with Crippen molar-refractivity contribution in [1.82, 2.24) is 9.47 Å². The summed E-state index contributed by atoms with van der Waals surface area (Å²) < 4.78 is 2.43. The molecular weight excluding hydrogens is 372 g/mol. The van der Waals surface area contributed by atoms with Gasteiger partial charge in [-0.1, -0.05) is 30.4 Å². The second-order valence-electron chi connectivity index (χ2n) is 7.33. The fourth-order valence-corrected chi connectivity index (χ4v) is 4.17. The number of primary amides is 1. The number of hydrogen-bond acceptors (Lipinski definition) is 4. The lowest BCUT2D eigenvalue weighted by Gasteiger charge is -2.32. The molecule has 0 saturated carbocycles. The Kier molecular flexibility index (Phi) is 6.26. The molecule has 0 unspecified atom stereocenters. The van der Waals surface area contributed by atoms with Gasteiger partial charge in [0.15, 0.2) is 0 Å². The molecule has 0 aliphatic carbocycles. The van der Waals surface area contributed by atoms with Crippen molar-refractivity contribution < 1.29 is 9.59 Å². The minimum absolute atomic E-state index is 0.00437. The third-order valence-corrected chi connectivity index (χ3v) is 5.72. The van der Waals surface area contributed by atoms with Gasteiger partial charge in [-0.2, -0.15) is 0 Å². The highest BCUT2D eigenvalue weighted by atomic mass is 32.1. The summed E-state index contributed by atoms with van der Waals surface area (Å²) in [6.45, 7) is 6.03. The Balaban J connectivity index is 1.63. The summed E-state index contributed by atoms with van der Waals surface area (Å²) in [6.07, 6.45) is 1.58. The molecule has 0 bridgehead atoms. The molecule has 148 valence electrons. The van der Waals surface area contributed by atoms with Crippen molar-refractivity contribution in [1.29, 1.82) is 0 Å². The summed E-state index contributed by atoms with van der Waals surface area (Å²) in [5.41, 5.74) is 8.55. The molecule has 1 saturated heterocycles. The van der Waals surface area contributed by atoms with Gasteiger partial charge in [0.1, 0.15) is 4.64 Å². The first-order valence-corrected chi connectivity index (χ1v) is 9.86. The fourth-order valence-electron chi connectivity index (χ4n) is 3.71. The van der Waals surface area contributed by atoms with Gasteiger partial charge in [-0.3, -0.25) is 14.5 Å². The highest BCUT2D eigenvalue weighted by Crippen LogP contribution is 2.21. The van der Waals surface area contributed by atoms with E-state index in [4.69, 9.17) is 18.0 Å². The Morgan fingerprint density at radius 2 is 1.82 bits per heavy atom. The standard InChI is InChI=1S/C21H26N4O2S/c1-14-12-15(2)25(21(28)18(14)19(22)26)13-24-10-8-16(9-11-24)20(27)23-17-6-4-3-5-7-17/h3-7,12,16H,8-11,13H2,1-2H3,(H2,22,26)(H,23,27). The largest absolute Gasteiger partial charge is 0.365 e. The van der Waals surface area contributed by atoms with Crippen LogP contribution in [0.15, 0.2) is 36.4 Å². The predicted octanol–water partition coefficient (Wildman–Crippen LogP) is 3.24. The molecule has 1 fully saturated rings. The van der Waals surface area contributed by atoms with Gasteiger partial charge in [-0.05, 0) is 50.5 Å². The third-order valence-electron chi connectivity index (χ3n) is 5.29. The van der Waals surface area contributed by atoms with E-state index in [9.17, 15) is 9.59 Å². The number of rotatable bonds is 5. The summed E-state index contributed by atoms with van der Waals surface area (Å²) in [4.78, 5) is 26.5. The van der Waals surface area contributed by atoms with Crippen LogP contribution in [0.25, 0.3) is 0 Å². The first kappa shape index (κ1) is 20.2. The van der Waals surface area contributed by atoms with E-state index in [-0.39, 0.29) is 11.8 Å². The Morgan fingerprint density at radius 3 is 2.43 bits per heavy atom. The zero-order chi connectivity index (χ0) is 20.3. The number of pyridine rings is 1. The van der Waals surface area contributed by atoms with Crippen LogP contribution in [0.4, 0.5) is 5.69 Å². The number of aromatic nitrogens is 1. The zero-order valence-electron chi connectivity index (χ0n) is 16.3. The number of nitrogens with zero attached hydrogens (tertiary/aromatic N) is 2. The van der Waals surface area contributed by atoms with Crippen LogP contribution in [0.2, 0.25) is 0 Å². The molecule has 0 atom stereocenters. The molecule has 2 aromatic rings. The van der Waals surface area contributed by atoms with Gasteiger partial charge >= 0.3 is 0 Å². The van der Waals surface area contributed by atoms with E-state index in [1.165, 1.54) is 0 Å². The van der Waals surface area contributed by atoms with Crippen LogP contribution >= 0.6 is 12.2 Å². The highest BCUT2D eigenvalue weighted by molar-refractivity contribution is 7.71. The van der Waals surface area contributed by atoms with Crippen LogP contribution in [-0.2, 0) is 11.5 Å². The maximum absolute atomic E-state index is 12.5. The normalized spacial score (nSPS) is 15.4. The molecule has 28 heavy (non-hydrogen) atoms. The topological polar surface area (TPSA) is 80.4 Å². The van der Waals surface area contributed by atoms with Gasteiger partial charge in [-0.25, -0.2) is 0 Å². The minimum Gasteiger partial charge on any atom is -0.365 e. The molecular formula is C21H26N4O2S. The number of benzene rings is 1. The Labute approximate surface area is 170 Å². The van der Waals surface area contributed by atoms with Crippen molar-refractivity contribution in [3.8, 4) is 0 Å². The number of piperidine rings is 1. The monoisotopic (exact) mass is 398 g/mol. The molecule has 2 amide bonds. The van der Waals surface area contributed by atoms with Gasteiger partial charge in [0, 0.05) is 30.4 Å². The number of hydrogen-bond donors (Lipinski definition) is 2. The van der Waals surface area contributed by atoms with Crippen molar-refractivity contribution in [3.63, 3.8) is 0 Å². The lowest BCUT2D eigenvalue weighted by molar-refractivity contribution is -0.121. The summed E-state index contributed by atoms with van der Waals surface area (Å²) in [7, 11) is 0. The second kappa shape index (κ2) is 8.67. The van der Waals surface area contributed by atoms with E-state index in [0.29, 0.717) is 16.9 Å². The quantitative estimate of drug-likeness (QED) is 0.758. The van der Waals surface area contributed by atoms with Crippen LogP contribution < -0.4 is 11.1 Å². The Hall–Kier alpha value is -2.51. The second-order valence-corrected chi connectivity index (χ2v) is 7.72. The van der Waals surface area contributed by atoms with Crippen molar-refractivity contribution in [2.45, 2.75) is 33.4 Å². The number of para-hydroxylation sites is 1. The van der Waals surface area contributed by atoms with Crippen molar-refractivity contribution in [2.75, 3.05) is 18.4 Å². The number of nitrogens with two attached hydrogens (primary N) is 1. The first-order valence-electron chi connectivity index (χ1n) is 9.46. The third kappa shape index (κ3) is 4.48. The molecule has 0 radical (unpaired) electrons. The van der Waals surface area contributed by atoms with Crippen molar-refractivity contribution >= 4 is 29.7 Å². The average Bonchev–Trinajstić information content (AvgIpc) is 2.66. The fraction of sp³-hybridized carbons (Fsp3) is 0.381. The summed E-state index contributed by atoms with van der Waals surface area (Å²) >= 11 is 5.52. The van der Waals surface area contributed by atoms with E-state index >= 15 is 0 Å². The maximum atomic E-state index is 12.5. The summed E-state index contributed by atoms with van der Waals surface area (Å²) in [6, 6.07) is 11.5. The number of amides is 2. The number of likely N-dealkylation sites (tertiary alicyclic amines) is 1. The van der Waals surface area contributed by atoms with Crippen LogP contribution in [0, 0.1) is 24.4 Å². The molecule has 1 aromatic heterocycles. The van der Waals surface area contributed by atoms with Crippen LogP contribution in [0.5, 0.6) is 0 Å². The van der Waals surface area contributed by atoms with E-state index in [1.807, 2.05) is 54.8 Å². The summed E-state index contributed by atoms with van der Waals surface area (Å²) in [5, 5.41) is 2.99. The first-order chi connectivity index (χ1) is 13.4. The average molecular weight is 399 g/mol. The van der Waals surface area contributed by atoms with Crippen LogP contribution in [0.3, 0.4) is 0 Å². The molecule has 3 N–H and O–H groups in total. The molecule has 7 heteroatoms. The van der Waals surface area contributed by atoms with E-state index in [1.54, 1.807) is 0 Å². The number of nitrogens with one attached hydrogen (secondary N) is 1. The smallest absolute Gasteiger partial charge is 0.251 e. The van der Waals surface area contributed by atoms with E-state index < -0.39 is 5.91 Å². The molecule has 1 aromatic carbocycles. The molecule has 2 heterocycles. The highest BCUT2D eigenvalue weighted by Gasteiger charge is 2.25. The lowest BCUT2D eigenvalue weighted by Crippen LogP contribution is -2.39. The van der Waals surface area contributed by atoms with Gasteiger partial charge in [-0.15, -0.1) is 0 Å². The van der Waals surface area contributed by atoms with E-state index in [0.717, 1.165) is 42.9 Å². The molecule has 3 rings (SSSR count). The van der Waals surface area contributed by atoms with Crippen molar-refractivity contribution in [3.05, 3.63) is 57.9 Å². The van der Waals surface area contributed by atoms with E-state index in [2.05, 4.69) is 10.2 Å². The van der Waals surface area contributed by atoms with Gasteiger partial charge in [0.2, 0.25) is 5.91 Å². The Bertz CT molecular complexity index is 931. The van der Waals surface area contributed by atoms with Crippen molar-refractivity contribution in [2.24, 2.45) is 11.7 Å². The molecule has 1 aliphatic rings. The number of carbonyl (C=O) groups excluding carboxylic acids is 2. The molecule has 0 spiro atoms. The zero-order valence-corrected chi connectivity index (χ0v) is 17.1. The molecule has 1 aliphatic heterocycles. The van der Waals surface area contributed by atoms with Gasteiger partial charge in [0.05, 0.1) is 12.2 Å². The van der Waals surface area contributed by atoms with Gasteiger partial charge in [0.25, 0.3) is 5.91 Å². The number of anilines is 1.